The third-order valence-electron chi connectivity index (χ3n) is 3.57. The maximum atomic E-state index is 5.93. The molecule has 0 amide bonds. The highest BCUT2D eigenvalue weighted by molar-refractivity contribution is 4.82. The van der Waals surface area contributed by atoms with Gasteiger partial charge in [-0.25, -0.2) is 0 Å². The largest absolute Gasteiger partial charge is 0.377 e. The van der Waals surface area contributed by atoms with Gasteiger partial charge in [0.1, 0.15) is 0 Å². The molecule has 2 saturated heterocycles. The van der Waals surface area contributed by atoms with E-state index in [0.717, 1.165) is 19.7 Å². The van der Waals surface area contributed by atoms with Crippen LogP contribution in [0.3, 0.4) is 0 Å². The lowest BCUT2D eigenvalue weighted by Crippen LogP contribution is -2.36. The molecule has 2 aliphatic rings. The van der Waals surface area contributed by atoms with Gasteiger partial charge in [0.15, 0.2) is 0 Å². The summed E-state index contributed by atoms with van der Waals surface area (Å²) in [6.45, 7) is 7.26. The predicted octanol–water partition coefficient (Wildman–Crippen LogP) is 2.10. The lowest BCUT2D eigenvalue weighted by atomic mass is 10.1. The van der Waals surface area contributed by atoms with Crippen LogP contribution in [0.4, 0.5) is 0 Å². The molecule has 0 spiro atoms. The summed E-state index contributed by atoms with van der Waals surface area (Å²) in [6, 6.07) is 0. The van der Waals surface area contributed by atoms with Crippen molar-refractivity contribution in [3.05, 3.63) is 0 Å². The van der Waals surface area contributed by atoms with Crippen LogP contribution < -0.4 is 5.32 Å². The van der Waals surface area contributed by atoms with Gasteiger partial charge in [-0.1, -0.05) is 0 Å². The first kappa shape index (κ1) is 12.3. The first-order valence-electron chi connectivity index (χ1n) is 6.66. The molecule has 0 aromatic heterocycles. The molecule has 2 unspecified atom stereocenters. The fourth-order valence-corrected chi connectivity index (χ4v) is 2.60. The zero-order chi connectivity index (χ0) is 11.4. The second-order valence-corrected chi connectivity index (χ2v) is 5.69. The fourth-order valence-electron chi connectivity index (χ4n) is 2.60. The first-order valence-corrected chi connectivity index (χ1v) is 6.66. The SMILES string of the molecule is CC1(C)CCC(CNCC2CCCCO2)O1. The normalized spacial score (nSPS) is 34.1. The molecule has 94 valence electrons. The number of ether oxygens (including phenoxy) is 2. The van der Waals surface area contributed by atoms with Crippen molar-refractivity contribution in [2.45, 2.75) is 63.8 Å². The van der Waals surface area contributed by atoms with Gasteiger partial charge in [-0.15, -0.1) is 0 Å². The van der Waals surface area contributed by atoms with Gasteiger partial charge in [0, 0.05) is 19.7 Å². The van der Waals surface area contributed by atoms with Crippen molar-refractivity contribution < 1.29 is 9.47 Å². The van der Waals surface area contributed by atoms with Gasteiger partial charge in [-0.05, 0) is 46.0 Å². The Morgan fingerprint density at radius 3 is 2.56 bits per heavy atom. The van der Waals surface area contributed by atoms with Crippen LogP contribution in [-0.2, 0) is 9.47 Å². The van der Waals surface area contributed by atoms with Crippen LogP contribution in [0, 0.1) is 0 Å². The van der Waals surface area contributed by atoms with Gasteiger partial charge >= 0.3 is 0 Å². The molecule has 0 aromatic carbocycles. The second kappa shape index (κ2) is 5.48. The van der Waals surface area contributed by atoms with Crippen molar-refractivity contribution >= 4 is 0 Å². The second-order valence-electron chi connectivity index (χ2n) is 5.69. The molecule has 2 aliphatic heterocycles. The molecule has 2 atom stereocenters. The van der Waals surface area contributed by atoms with Crippen molar-refractivity contribution in [2.75, 3.05) is 19.7 Å². The molecule has 16 heavy (non-hydrogen) atoms. The summed E-state index contributed by atoms with van der Waals surface area (Å²) in [7, 11) is 0. The van der Waals surface area contributed by atoms with Gasteiger partial charge in [0.2, 0.25) is 0 Å². The molecule has 2 fully saturated rings. The highest BCUT2D eigenvalue weighted by Crippen LogP contribution is 2.28. The van der Waals surface area contributed by atoms with Crippen LogP contribution >= 0.6 is 0 Å². The van der Waals surface area contributed by atoms with Gasteiger partial charge in [-0.2, -0.15) is 0 Å². The lowest BCUT2D eigenvalue weighted by molar-refractivity contribution is -0.0186. The third kappa shape index (κ3) is 3.72. The van der Waals surface area contributed by atoms with E-state index in [2.05, 4.69) is 19.2 Å². The molecule has 2 heterocycles. The van der Waals surface area contributed by atoms with Crippen LogP contribution in [0.25, 0.3) is 0 Å². The summed E-state index contributed by atoms with van der Waals surface area (Å²) in [5.74, 6) is 0. The van der Waals surface area contributed by atoms with Crippen LogP contribution in [-0.4, -0.2) is 37.5 Å². The van der Waals surface area contributed by atoms with E-state index in [9.17, 15) is 0 Å². The number of hydrogen-bond acceptors (Lipinski definition) is 3. The first-order chi connectivity index (χ1) is 7.66. The van der Waals surface area contributed by atoms with Crippen LogP contribution in [0.5, 0.6) is 0 Å². The minimum absolute atomic E-state index is 0.0910. The molecule has 0 aliphatic carbocycles. The van der Waals surface area contributed by atoms with E-state index in [0.29, 0.717) is 12.2 Å². The summed E-state index contributed by atoms with van der Waals surface area (Å²) in [4.78, 5) is 0. The maximum absolute atomic E-state index is 5.93. The Kier molecular flexibility index (Phi) is 4.22. The average Bonchev–Trinajstić information content (AvgIpc) is 2.60. The van der Waals surface area contributed by atoms with E-state index in [1.54, 1.807) is 0 Å². The number of nitrogens with one attached hydrogen (secondary N) is 1. The van der Waals surface area contributed by atoms with Gasteiger partial charge < -0.3 is 14.8 Å². The predicted molar refractivity (Wildman–Crippen MR) is 64.6 cm³/mol. The highest BCUT2D eigenvalue weighted by Gasteiger charge is 2.31. The van der Waals surface area contributed by atoms with Crippen molar-refractivity contribution in [3.8, 4) is 0 Å². The molecule has 1 N–H and O–H groups in total. The van der Waals surface area contributed by atoms with E-state index in [4.69, 9.17) is 9.47 Å². The molecular formula is C13H25NO2. The smallest absolute Gasteiger partial charge is 0.0707 e. The quantitative estimate of drug-likeness (QED) is 0.798. The van der Waals surface area contributed by atoms with E-state index in [-0.39, 0.29) is 5.60 Å². The minimum Gasteiger partial charge on any atom is -0.377 e. The molecular weight excluding hydrogens is 202 g/mol. The molecule has 2 rings (SSSR count). The van der Waals surface area contributed by atoms with Crippen LogP contribution in [0.15, 0.2) is 0 Å². The average molecular weight is 227 g/mol. The molecule has 3 nitrogen and oxygen atoms in total. The zero-order valence-electron chi connectivity index (χ0n) is 10.6. The number of rotatable bonds is 4. The van der Waals surface area contributed by atoms with E-state index in [1.807, 2.05) is 0 Å². The Bertz CT molecular complexity index is 212. The van der Waals surface area contributed by atoms with Crippen LogP contribution in [0.1, 0.15) is 46.0 Å². The van der Waals surface area contributed by atoms with Crippen molar-refractivity contribution in [2.24, 2.45) is 0 Å². The number of hydrogen-bond donors (Lipinski definition) is 1. The summed E-state index contributed by atoms with van der Waals surface area (Å²) >= 11 is 0. The summed E-state index contributed by atoms with van der Waals surface area (Å²) in [5.41, 5.74) is 0.0910. The summed E-state index contributed by atoms with van der Waals surface area (Å²) in [6.07, 6.45) is 6.96. The van der Waals surface area contributed by atoms with Crippen molar-refractivity contribution in [1.29, 1.82) is 0 Å². The Morgan fingerprint density at radius 1 is 1.12 bits per heavy atom. The fraction of sp³-hybridized carbons (Fsp3) is 1.00. The molecule has 0 radical (unpaired) electrons. The Morgan fingerprint density at radius 2 is 1.94 bits per heavy atom. The lowest BCUT2D eigenvalue weighted by Gasteiger charge is -2.24. The highest BCUT2D eigenvalue weighted by atomic mass is 16.5. The van der Waals surface area contributed by atoms with Crippen molar-refractivity contribution in [3.63, 3.8) is 0 Å². The maximum Gasteiger partial charge on any atom is 0.0707 e. The Balaban J connectivity index is 1.58. The zero-order valence-corrected chi connectivity index (χ0v) is 10.6. The molecule has 0 aromatic rings. The Hall–Kier alpha value is -0.120. The molecule has 3 heteroatoms. The molecule has 0 saturated carbocycles. The van der Waals surface area contributed by atoms with E-state index < -0.39 is 0 Å². The minimum atomic E-state index is 0.0910. The standard InChI is InChI=1S/C13H25NO2/c1-13(2)7-6-12(16-13)10-14-9-11-5-3-4-8-15-11/h11-12,14H,3-10H2,1-2H3. The van der Waals surface area contributed by atoms with Gasteiger partial charge in [-0.3, -0.25) is 0 Å². The monoisotopic (exact) mass is 227 g/mol. The summed E-state index contributed by atoms with van der Waals surface area (Å²) in [5, 5.41) is 3.48. The third-order valence-corrected chi connectivity index (χ3v) is 3.57. The van der Waals surface area contributed by atoms with Crippen LogP contribution in [0.2, 0.25) is 0 Å². The van der Waals surface area contributed by atoms with Gasteiger partial charge in [0.05, 0.1) is 17.8 Å². The van der Waals surface area contributed by atoms with E-state index in [1.165, 1.54) is 32.1 Å². The van der Waals surface area contributed by atoms with Gasteiger partial charge in [0.25, 0.3) is 0 Å². The van der Waals surface area contributed by atoms with Crippen molar-refractivity contribution in [1.82, 2.24) is 5.32 Å². The van der Waals surface area contributed by atoms with E-state index >= 15 is 0 Å². The summed E-state index contributed by atoms with van der Waals surface area (Å²) < 4.78 is 11.6. The Labute approximate surface area is 98.9 Å². The molecule has 0 bridgehead atoms. The topological polar surface area (TPSA) is 30.5 Å².